The third-order valence-electron chi connectivity index (χ3n) is 8.51. The van der Waals surface area contributed by atoms with Crippen LogP contribution < -0.4 is 10.1 Å². The molecule has 9 heteroatoms. The molecule has 9 nitrogen and oxygen atoms in total. The van der Waals surface area contributed by atoms with Crippen LogP contribution in [-0.2, 0) is 14.3 Å². The monoisotopic (exact) mass is 512 g/mol. The minimum Gasteiger partial charge on any atom is -0.490 e. The Morgan fingerprint density at radius 2 is 1.76 bits per heavy atom. The number of amides is 3. The van der Waals surface area contributed by atoms with Crippen LogP contribution in [0.3, 0.4) is 0 Å². The number of carbonyl (C=O) groups excluding carboxylic acids is 3. The quantitative estimate of drug-likeness (QED) is 0.667. The second kappa shape index (κ2) is 11.4. The van der Waals surface area contributed by atoms with Gasteiger partial charge in [0, 0.05) is 44.8 Å². The molecule has 3 aliphatic heterocycles. The second-order valence-electron chi connectivity index (χ2n) is 11.1. The topological polar surface area (TPSA) is 91.4 Å². The third-order valence-corrected chi connectivity index (χ3v) is 8.51. The Bertz CT molecular complexity index is 1000. The molecule has 3 atom stereocenters. The van der Waals surface area contributed by atoms with E-state index in [0.29, 0.717) is 30.0 Å². The van der Waals surface area contributed by atoms with Gasteiger partial charge in [0.05, 0.1) is 24.1 Å². The van der Waals surface area contributed by atoms with E-state index in [2.05, 4.69) is 17.3 Å². The van der Waals surface area contributed by atoms with E-state index in [9.17, 15) is 14.4 Å². The molecule has 2 saturated heterocycles. The van der Waals surface area contributed by atoms with Gasteiger partial charge >= 0.3 is 0 Å². The van der Waals surface area contributed by atoms with Crippen molar-refractivity contribution in [2.45, 2.75) is 69.6 Å². The molecule has 1 saturated carbocycles. The Balaban J connectivity index is 1.23. The van der Waals surface area contributed by atoms with E-state index in [1.165, 1.54) is 6.42 Å². The Kier molecular flexibility index (Phi) is 8.00. The lowest BCUT2D eigenvalue weighted by molar-refractivity contribution is -0.144. The maximum Gasteiger partial charge on any atom is 0.257 e. The van der Waals surface area contributed by atoms with Crippen LogP contribution in [0.25, 0.3) is 0 Å². The number of piperazine rings is 1. The molecular formula is C28H40N4O5. The summed E-state index contributed by atoms with van der Waals surface area (Å²) >= 11 is 0. The number of nitrogens with zero attached hydrogens (tertiary/aromatic N) is 3. The molecule has 3 fully saturated rings. The zero-order valence-electron chi connectivity index (χ0n) is 22.1. The average molecular weight is 513 g/mol. The summed E-state index contributed by atoms with van der Waals surface area (Å²) in [6.07, 6.45) is 6.60. The van der Waals surface area contributed by atoms with Gasteiger partial charge in [-0.2, -0.15) is 0 Å². The number of rotatable bonds is 4. The van der Waals surface area contributed by atoms with E-state index in [0.717, 1.165) is 64.7 Å². The number of likely N-dealkylation sites (N-methyl/N-ethyl adjacent to an activating group) is 2. The lowest BCUT2D eigenvalue weighted by Gasteiger charge is -2.42. The van der Waals surface area contributed by atoms with Gasteiger partial charge in [0.1, 0.15) is 18.5 Å². The molecular weight excluding hydrogens is 472 g/mol. The first-order valence-corrected chi connectivity index (χ1v) is 13.9. The fraction of sp³-hybridized carbons (Fsp3) is 0.679. The lowest BCUT2D eigenvalue weighted by atomic mass is 9.88. The summed E-state index contributed by atoms with van der Waals surface area (Å²) in [6.45, 7) is 3.62. The predicted molar refractivity (Wildman–Crippen MR) is 140 cm³/mol. The van der Waals surface area contributed by atoms with Gasteiger partial charge in [-0.25, -0.2) is 0 Å². The first-order chi connectivity index (χ1) is 17.9. The number of carbonyl (C=O) groups is 3. The minimum atomic E-state index is -0.299. The Morgan fingerprint density at radius 3 is 2.51 bits per heavy atom. The van der Waals surface area contributed by atoms with Crippen LogP contribution in [0.4, 0.5) is 5.69 Å². The molecule has 0 radical (unpaired) electrons. The van der Waals surface area contributed by atoms with Crippen LogP contribution in [0.2, 0.25) is 0 Å². The lowest BCUT2D eigenvalue weighted by Crippen LogP contribution is -2.54. The molecule has 3 amide bonds. The van der Waals surface area contributed by atoms with Crippen molar-refractivity contribution in [1.82, 2.24) is 14.7 Å². The molecule has 3 heterocycles. The first kappa shape index (κ1) is 26.0. The smallest absolute Gasteiger partial charge is 0.257 e. The number of fused-ring (bicyclic) bond motifs is 2. The average Bonchev–Trinajstić information content (AvgIpc) is 2.92. The number of nitrogens with one attached hydrogen (secondary N) is 1. The molecule has 0 spiro atoms. The Morgan fingerprint density at radius 1 is 1.00 bits per heavy atom. The Hall–Kier alpha value is -2.65. The van der Waals surface area contributed by atoms with Gasteiger partial charge in [0.2, 0.25) is 11.8 Å². The van der Waals surface area contributed by atoms with Crippen molar-refractivity contribution in [2.75, 3.05) is 52.2 Å². The third kappa shape index (κ3) is 5.93. The summed E-state index contributed by atoms with van der Waals surface area (Å²) in [5.41, 5.74) is 1.08. The molecule has 0 unspecified atom stereocenters. The van der Waals surface area contributed by atoms with Crippen LogP contribution in [0.1, 0.15) is 61.7 Å². The van der Waals surface area contributed by atoms with Gasteiger partial charge in [0.25, 0.3) is 5.91 Å². The maximum atomic E-state index is 13.5. The second-order valence-corrected chi connectivity index (χ2v) is 11.1. The van der Waals surface area contributed by atoms with E-state index in [4.69, 9.17) is 9.47 Å². The number of benzene rings is 1. The van der Waals surface area contributed by atoms with E-state index in [1.807, 2.05) is 4.90 Å². The highest BCUT2D eigenvalue weighted by molar-refractivity contribution is 6.00. The van der Waals surface area contributed by atoms with Crippen LogP contribution in [0.5, 0.6) is 5.75 Å². The highest BCUT2D eigenvalue weighted by Gasteiger charge is 2.39. The molecule has 5 rings (SSSR count). The van der Waals surface area contributed by atoms with E-state index in [1.54, 1.807) is 30.1 Å². The van der Waals surface area contributed by atoms with Gasteiger partial charge < -0.3 is 29.5 Å². The van der Waals surface area contributed by atoms with Crippen molar-refractivity contribution in [2.24, 2.45) is 5.92 Å². The molecule has 4 aliphatic rings. The molecule has 1 aromatic carbocycles. The number of hydrogen-bond donors (Lipinski definition) is 1. The van der Waals surface area contributed by atoms with Crippen molar-refractivity contribution in [1.29, 1.82) is 0 Å². The summed E-state index contributed by atoms with van der Waals surface area (Å²) in [5, 5.41) is 3.01. The summed E-state index contributed by atoms with van der Waals surface area (Å²) in [6, 6.07) is 5.16. The van der Waals surface area contributed by atoms with Gasteiger partial charge in [-0.3, -0.25) is 14.4 Å². The molecule has 202 valence electrons. The SMILES string of the molecule is CN1CCN(C(=O)C[C@H]2CC[C@@H]3[C@@H](COc4ccc(NC(=O)C5CCCCC5)cc4C(=O)N3C)O2)CC1. The maximum absolute atomic E-state index is 13.5. The van der Waals surface area contributed by atoms with Crippen LogP contribution in [0, 0.1) is 5.92 Å². The zero-order chi connectivity index (χ0) is 25.9. The molecule has 1 N–H and O–H groups in total. The first-order valence-electron chi connectivity index (χ1n) is 13.9. The summed E-state index contributed by atoms with van der Waals surface area (Å²) in [4.78, 5) is 45.0. The largest absolute Gasteiger partial charge is 0.490 e. The fourth-order valence-electron chi connectivity index (χ4n) is 6.09. The normalized spacial score (nSPS) is 27.4. The van der Waals surface area contributed by atoms with Crippen LogP contribution in [0.15, 0.2) is 18.2 Å². The van der Waals surface area contributed by atoms with Gasteiger partial charge in [-0.1, -0.05) is 19.3 Å². The number of ether oxygens (including phenoxy) is 2. The summed E-state index contributed by atoms with van der Waals surface area (Å²) in [7, 11) is 3.88. The van der Waals surface area contributed by atoms with Crippen LogP contribution in [-0.4, -0.2) is 97.6 Å². The highest BCUT2D eigenvalue weighted by Crippen LogP contribution is 2.33. The molecule has 37 heavy (non-hydrogen) atoms. The highest BCUT2D eigenvalue weighted by atomic mass is 16.5. The molecule has 0 aromatic heterocycles. The van der Waals surface area contributed by atoms with Gasteiger partial charge in [0.15, 0.2) is 0 Å². The summed E-state index contributed by atoms with van der Waals surface area (Å²) < 4.78 is 12.4. The van der Waals surface area contributed by atoms with Crippen molar-refractivity contribution >= 4 is 23.4 Å². The van der Waals surface area contributed by atoms with Crippen LogP contribution >= 0.6 is 0 Å². The van der Waals surface area contributed by atoms with Crippen molar-refractivity contribution in [3.8, 4) is 5.75 Å². The van der Waals surface area contributed by atoms with Crippen molar-refractivity contribution in [3.63, 3.8) is 0 Å². The Labute approximate surface area is 219 Å². The van der Waals surface area contributed by atoms with E-state index in [-0.39, 0.29) is 41.9 Å². The summed E-state index contributed by atoms with van der Waals surface area (Å²) in [5.74, 6) is 0.562. The minimum absolute atomic E-state index is 0.0325. The van der Waals surface area contributed by atoms with E-state index < -0.39 is 0 Å². The molecule has 1 aromatic rings. The van der Waals surface area contributed by atoms with Crippen molar-refractivity contribution in [3.05, 3.63) is 23.8 Å². The standard InChI is InChI=1S/C28H40N4O5/c1-30-12-14-32(15-13-30)26(33)17-21-9-10-23-25(37-21)18-36-24-11-8-20(16-22(24)28(35)31(23)2)29-27(34)19-6-4-3-5-7-19/h8,11,16,19,21,23,25H,3-7,9-10,12-15,17-18H2,1-2H3,(H,29,34)/t21-,23-,25-/m1/s1. The fourth-order valence-corrected chi connectivity index (χ4v) is 6.09. The molecule has 0 bridgehead atoms. The predicted octanol–water partition coefficient (Wildman–Crippen LogP) is 2.75. The van der Waals surface area contributed by atoms with Gasteiger partial charge in [-0.05, 0) is 50.9 Å². The number of anilines is 1. The number of hydrogen-bond acceptors (Lipinski definition) is 6. The van der Waals surface area contributed by atoms with Gasteiger partial charge in [-0.15, -0.1) is 0 Å². The van der Waals surface area contributed by atoms with Crippen molar-refractivity contribution < 1.29 is 23.9 Å². The molecule has 1 aliphatic carbocycles. The van der Waals surface area contributed by atoms with E-state index >= 15 is 0 Å². The zero-order valence-corrected chi connectivity index (χ0v) is 22.1.